The van der Waals surface area contributed by atoms with E-state index in [1.807, 2.05) is 12.2 Å². The number of nitrogens with one attached hydrogen (secondary N) is 1. The number of amides is 3. The molecule has 33 heavy (non-hydrogen) atoms. The maximum absolute atomic E-state index is 12.9. The average molecular weight is 446 g/mol. The third-order valence-electron chi connectivity index (χ3n) is 6.52. The second-order valence-electron chi connectivity index (χ2n) is 8.41. The molecule has 3 amide bonds. The van der Waals surface area contributed by atoms with Gasteiger partial charge in [-0.15, -0.1) is 0 Å². The highest BCUT2D eigenvalue weighted by molar-refractivity contribution is 6.22. The molecular weight excluding hydrogens is 424 g/mol. The van der Waals surface area contributed by atoms with E-state index < -0.39 is 18.5 Å². The summed E-state index contributed by atoms with van der Waals surface area (Å²) >= 11 is 0. The molecule has 2 aliphatic carbocycles. The number of allylic oxidation sites excluding steroid dienone is 2. The van der Waals surface area contributed by atoms with Crippen molar-refractivity contribution in [3.8, 4) is 5.75 Å². The van der Waals surface area contributed by atoms with Crippen molar-refractivity contribution in [2.45, 2.75) is 6.42 Å². The highest BCUT2D eigenvalue weighted by Crippen LogP contribution is 2.53. The Morgan fingerprint density at radius 2 is 1.67 bits per heavy atom. The van der Waals surface area contributed by atoms with E-state index >= 15 is 0 Å². The first-order valence-electron chi connectivity index (χ1n) is 10.7. The SMILES string of the molecule is COc1cccc(NC(=O)COC(=O)c2ccc(N3C(=O)[C@H]4[C@H](C3=O)[C@H]3C=C[C@H]4C3)cc2)c1. The van der Waals surface area contributed by atoms with Crippen LogP contribution in [0.2, 0.25) is 0 Å². The number of fused-ring (bicyclic) bond motifs is 5. The molecule has 1 heterocycles. The lowest BCUT2D eigenvalue weighted by Gasteiger charge is -2.17. The van der Waals surface area contributed by atoms with Gasteiger partial charge in [-0.3, -0.25) is 19.3 Å². The summed E-state index contributed by atoms with van der Waals surface area (Å²) in [5, 5.41) is 2.63. The molecule has 0 radical (unpaired) electrons. The summed E-state index contributed by atoms with van der Waals surface area (Å²) in [7, 11) is 1.52. The molecule has 3 aliphatic rings. The summed E-state index contributed by atoms with van der Waals surface area (Å²) in [4.78, 5) is 51.5. The predicted molar refractivity (Wildman–Crippen MR) is 119 cm³/mol. The van der Waals surface area contributed by atoms with Gasteiger partial charge in [-0.05, 0) is 54.7 Å². The third kappa shape index (κ3) is 3.67. The van der Waals surface area contributed by atoms with Crippen LogP contribution in [0, 0.1) is 23.7 Å². The van der Waals surface area contributed by atoms with E-state index in [2.05, 4.69) is 5.32 Å². The van der Waals surface area contributed by atoms with Gasteiger partial charge in [0.2, 0.25) is 11.8 Å². The number of carbonyl (C=O) groups is 4. The first kappa shape index (κ1) is 20.9. The quantitative estimate of drug-likeness (QED) is 0.416. The lowest BCUT2D eigenvalue weighted by molar-refractivity contribution is -0.123. The Bertz CT molecular complexity index is 1140. The van der Waals surface area contributed by atoms with E-state index in [0.29, 0.717) is 17.1 Å². The molecule has 8 nitrogen and oxygen atoms in total. The first-order chi connectivity index (χ1) is 16.0. The minimum absolute atomic E-state index is 0.138. The minimum Gasteiger partial charge on any atom is -0.497 e. The average Bonchev–Trinajstić information content (AvgIpc) is 3.51. The molecule has 2 aromatic rings. The van der Waals surface area contributed by atoms with Gasteiger partial charge >= 0.3 is 5.97 Å². The Hall–Kier alpha value is -3.94. The first-order valence-corrected chi connectivity index (χ1v) is 10.7. The Balaban J connectivity index is 1.19. The second-order valence-corrected chi connectivity index (χ2v) is 8.41. The summed E-state index contributed by atoms with van der Waals surface area (Å²) in [6, 6.07) is 12.9. The fraction of sp³-hybridized carbons (Fsp3) is 0.280. The van der Waals surface area contributed by atoms with E-state index in [9.17, 15) is 19.2 Å². The zero-order valence-corrected chi connectivity index (χ0v) is 17.9. The van der Waals surface area contributed by atoms with Crippen molar-refractivity contribution in [1.29, 1.82) is 0 Å². The Morgan fingerprint density at radius 1 is 1.00 bits per heavy atom. The predicted octanol–water partition coefficient (Wildman–Crippen LogP) is 2.80. The molecular formula is C25H22N2O6. The number of ether oxygens (including phenoxy) is 2. The molecule has 4 atom stereocenters. The van der Waals surface area contributed by atoms with Crippen molar-refractivity contribution in [3.05, 3.63) is 66.2 Å². The van der Waals surface area contributed by atoms with Crippen molar-refractivity contribution in [2.75, 3.05) is 23.9 Å². The molecule has 168 valence electrons. The van der Waals surface area contributed by atoms with Crippen LogP contribution in [-0.2, 0) is 19.1 Å². The van der Waals surface area contributed by atoms with Crippen LogP contribution in [-0.4, -0.2) is 37.4 Å². The van der Waals surface area contributed by atoms with E-state index in [-0.39, 0.29) is 41.0 Å². The monoisotopic (exact) mass is 446 g/mol. The highest BCUT2D eigenvalue weighted by Gasteiger charge is 2.59. The molecule has 1 saturated heterocycles. The summed E-state index contributed by atoms with van der Waals surface area (Å²) in [5.74, 6) is -1.21. The topological polar surface area (TPSA) is 102 Å². The van der Waals surface area contributed by atoms with Crippen LogP contribution in [0.5, 0.6) is 5.75 Å². The standard InChI is InChI=1S/C25H22N2O6/c1-32-19-4-2-3-17(12-19)26-20(28)13-33-25(31)14-7-9-18(10-8-14)27-23(29)21-15-5-6-16(11-15)22(21)24(27)30/h2-10,12,15-16,21-22H,11,13H2,1H3,(H,26,28)/t15-,16-,21+,22+/m0/s1. The number of rotatable bonds is 6. The molecule has 5 rings (SSSR count). The van der Waals surface area contributed by atoms with Crippen molar-refractivity contribution >= 4 is 35.1 Å². The van der Waals surface area contributed by atoms with Crippen LogP contribution in [0.3, 0.4) is 0 Å². The van der Waals surface area contributed by atoms with Crippen LogP contribution in [0.4, 0.5) is 11.4 Å². The van der Waals surface area contributed by atoms with Gasteiger partial charge in [0.05, 0.1) is 30.2 Å². The number of imide groups is 1. The van der Waals surface area contributed by atoms with Gasteiger partial charge in [0.25, 0.3) is 5.91 Å². The van der Waals surface area contributed by atoms with Gasteiger partial charge in [-0.25, -0.2) is 4.79 Å². The van der Waals surface area contributed by atoms with Crippen LogP contribution in [0.25, 0.3) is 0 Å². The van der Waals surface area contributed by atoms with Gasteiger partial charge in [0, 0.05) is 11.8 Å². The molecule has 0 aromatic heterocycles. The summed E-state index contributed by atoms with van der Waals surface area (Å²) in [5.41, 5.74) is 1.17. The van der Waals surface area contributed by atoms with Crippen molar-refractivity contribution in [1.82, 2.24) is 0 Å². The third-order valence-corrected chi connectivity index (χ3v) is 6.52. The zero-order valence-electron chi connectivity index (χ0n) is 17.9. The zero-order chi connectivity index (χ0) is 23.1. The lowest BCUT2D eigenvalue weighted by Crippen LogP contribution is -2.32. The number of esters is 1. The number of methoxy groups -OCH3 is 1. The summed E-state index contributed by atoms with van der Waals surface area (Å²) < 4.78 is 10.2. The largest absolute Gasteiger partial charge is 0.497 e. The molecule has 2 bridgehead atoms. The molecule has 1 saturated carbocycles. The van der Waals surface area contributed by atoms with Gasteiger partial charge in [0.1, 0.15) is 5.75 Å². The molecule has 0 unspecified atom stereocenters. The minimum atomic E-state index is -0.680. The fourth-order valence-corrected chi connectivity index (χ4v) is 5.02. The number of anilines is 2. The van der Waals surface area contributed by atoms with E-state index in [4.69, 9.17) is 9.47 Å². The van der Waals surface area contributed by atoms with Crippen molar-refractivity contribution < 1.29 is 28.7 Å². The molecule has 2 aromatic carbocycles. The number of nitrogens with zero attached hydrogens (tertiary/aromatic N) is 1. The van der Waals surface area contributed by atoms with Crippen LogP contribution in [0.1, 0.15) is 16.8 Å². The maximum Gasteiger partial charge on any atom is 0.338 e. The van der Waals surface area contributed by atoms with E-state index in [0.717, 1.165) is 6.42 Å². The van der Waals surface area contributed by atoms with Crippen LogP contribution in [0.15, 0.2) is 60.7 Å². The van der Waals surface area contributed by atoms with E-state index in [1.54, 1.807) is 36.4 Å². The second kappa shape index (κ2) is 8.20. The number of hydrogen-bond acceptors (Lipinski definition) is 6. The van der Waals surface area contributed by atoms with Gasteiger partial charge < -0.3 is 14.8 Å². The Labute approximate surface area is 190 Å². The van der Waals surface area contributed by atoms with Gasteiger partial charge in [0.15, 0.2) is 6.61 Å². The van der Waals surface area contributed by atoms with Gasteiger partial charge in [-0.2, -0.15) is 0 Å². The van der Waals surface area contributed by atoms with Crippen molar-refractivity contribution in [2.24, 2.45) is 23.7 Å². The Kier molecular flexibility index (Phi) is 5.20. The number of hydrogen-bond donors (Lipinski definition) is 1. The molecule has 2 fully saturated rings. The van der Waals surface area contributed by atoms with Gasteiger partial charge in [-0.1, -0.05) is 18.2 Å². The van der Waals surface area contributed by atoms with E-state index in [1.165, 1.54) is 24.1 Å². The fourth-order valence-electron chi connectivity index (χ4n) is 5.02. The summed E-state index contributed by atoms with van der Waals surface area (Å²) in [6.07, 6.45) is 4.96. The Morgan fingerprint density at radius 3 is 2.30 bits per heavy atom. The molecule has 0 spiro atoms. The lowest BCUT2D eigenvalue weighted by atomic mass is 9.85. The molecule has 1 N–H and O–H groups in total. The summed E-state index contributed by atoms with van der Waals surface area (Å²) in [6.45, 7) is -0.458. The molecule has 8 heteroatoms. The van der Waals surface area contributed by atoms with Crippen molar-refractivity contribution in [3.63, 3.8) is 0 Å². The van der Waals surface area contributed by atoms with Crippen LogP contribution < -0.4 is 15.0 Å². The van der Waals surface area contributed by atoms with Crippen LogP contribution >= 0.6 is 0 Å². The maximum atomic E-state index is 12.9. The normalized spacial score (nSPS) is 24.7. The smallest absolute Gasteiger partial charge is 0.338 e. The highest BCUT2D eigenvalue weighted by atomic mass is 16.5. The molecule has 1 aliphatic heterocycles. The number of benzene rings is 2. The number of carbonyl (C=O) groups excluding carboxylic acids is 4.